The van der Waals surface area contributed by atoms with Gasteiger partial charge in [0, 0.05) is 47.7 Å². The predicted octanol–water partition coefficient (Wildman–Crippen LogP) is 3.35. The van der Waals surface area contributed by atoms with Crippen molar-refractivity contribution in [1.29, 1.82) is 0 Å². The molecule has 1 amide bonds. The van der Waals surface area contributed by atoms with E-state index in [2.05, 4.69) is 5.32 Å². The first-order valence-electron chi connectivity index (χ1n) is 13.6. The Morgan fingerprint density at radius 3 is 2.36 bits per heavy atom. The maximum absolute atomic E-state index is 13.7. The lowest BCUT2D eigenvalue weighted by Crippen LogP contribution is -2.58. The number of aliphatic carboxylic acids is 1. The van der Waals surface area contributed by atoms with Crippen LogP contribution in [0.15, 0.2) is 81.3 Å². The van der Waals surface area contributed by atoms with Gasteiger partial charge in [0.25, 0.3) is 5.56 Å². The number of aryl methyl sites for hydroxylation is 1. The van der Waals surface area contributed by atoms with Gasteiger partial charge in [-0.2, -0.15) is 4.31 Å². The molecule has 1 fully saturated rings. The average molecular weight is 660 g/mol. The van der Waals surface area contributed by atoms with E-state index in [9.17, 15) is 32.7 Å². The first-order valence-corrected chi connectivity index (χ1v) is 15.8. The van der Waals surface area contributed by atoms with Crippen molar-refractivity contribution < 1.29 is 23.1 Å². The molecule has 1 saturated heterocycles. The minimum atomic E-state index is -4.22. The third kappa shape index (κ3) is 5.65. The summed E-state index contributed by atoms with van der Waals surface area (Å²) < 4.78 is 30.6. The number of benzene rings is 3. The number of amides is 1. The molecule has 2 heterocycles. The number of aromatic nitrogens is 2. The molecule has 5 rings (SSSR count). The quantitative estimate of drug-likeness (QED) is 0.295. The van der Waals surface area contributed by atoms with E-state index in [1.165, 1.54) is 49.0 Å². The fourth-order valence-corrected chi connectivity index (χ4v) is 8.14. The Balaban J connectivity index is 1.47. The fourth-order valence-electron chi connectivity index (χ4n) is 5.61. The minimum Gasteiger partial charge on any atom is -0.480 e. The summed E-state index contributed by atoms with van der Waals surface area (Å²) in [6.07, 6.45) is 1.76. The molecule has 44 heavy (non-hydrogen) atoms. The van der Waals surface area contributed by atoms with Crippen molar-refractivity contribution in [2.75, 3.05) is 6.54 Å². The molecule has 14 heteroatoms. The van der Waals surface area contributed by atoms with E-state index < -0.39 is 44.7 Å². The Morgan fingerprint density at radius 1 is 1.02 bits per heavy atom. The van der Waals surface area contributed by atoms with Crippen LogP contribution in [0.4, 0.5) is 0 Å². The van der Waals surface area contributed by atoms with Gasteiger partial charge in [0.15, 0.2) is 0 Å². The number of hydrogen-bond acceptors (Lipinski definition) is 6. The van der Waals surface area contributed by atoms with Crippen LogP contribution in [0.2, 0.25) is 10.0 Å². The van der Waals surface area contributed by atoms with Crippen LogP contribution >= 0.6 is 23.2 Å². The molecular formula is C30H28Cl2N4O7S. The highest BCUT2D eigenvalue weighted by molar-refractivity contribution is 7.89. The van der Waals surface area contributed by atoms with E-state index in [1.807, 2.05) is 0 Å². The average Bonchev–Trinajstić information content (AvgIpc) is 3.38. The van der Waals surface area contributed by atoms with Crippen molar-refractivity contribution in [3.8, 4) is 5.69 Å². The molecular weight excluding hydrogens is 631 g/mol. The predicted molar refractivity (Wildman–Crippen MR) is 166 cm³/mol. The smallest absolute Gasteiger partial charge is 0.335 e. The maximum atomic E-state index is 13.7. The summed E-state index contributed by atoms with van der Waals surface area (Å²) in [6.45, 7) is 1.50. The van der Waals surface area contributed by atoms with E-state index in [0.29, 0.717) is 28.4 Å². The zero-order chi connectivity index (χ0) is 32.0. The molecule has 0 aliphatic carbocycles. The second-order valence-corrected chi connectivity index (χ2v) is 13.5. The largest absolute Gasteiger partial charge is 0.480 e. The van der Waals surface area contributed by atoms with Gasteiger partial charge in [-0.15, -0.1) is 0 Å². The lowest BCUT2D eigenvalue weighted by atomic mass is 9.95. The molecule has 4 aromatic rings. The molecule has 0 unspecified atom stereocenters. The number of carboxylic acids is 1. The van der Waals surface area contributed by atoms with Gasteiger partial charge in [0.1, 0.15) is 11.6 Å². The second kappa shape index (κ2) is 11.8. The summed E-state index contributed by atoms with van der Waals surface area (Å²) in [5, 5.41) is 14.0. The standard InChI is InChI=1S/C30H28Cl2N4O7S/c1-30(11-5-12-35(30)44(42,43)21-16-19(31)15-20(32)17-21)28(40)33-24(27(38)39)14-18-6-3-8-23-22(18)7-4-9-25(23)36-26(37)10-13-34(2)29(36)41/h3-4,6-10,13,15-17,24H,5,11-12,14H2,1-2H3,(H,33,40)(H,38,39)/t24-,30+/m0/s1. The Labute approximate surface area is 262 Å². The lowest BCUT2D eigenvalue weighted by molar-refractivity contribution is -0.143. The van der Waals surface area contributed by atoms with Crippen molar-refractivity contribution in [1.82, 2.24) is 18.8 Å². The van der Waals surface area contributed by atoms with Crippen LogP contribution < -0.4 is 16.6 Å². The second-order valence-electron chi connectivity index (χ2n) is 10.8. The van der Waals surface area contributed by atoms with Gasteiger partial charge in [-0.3, -0.25) is 9.59 Å². The van der Waals surface area contributed by atoms with Crippen molar-refractivity contribution in [2.24, 2.45) is 7.05 Å². The summed E-state index contributed by atoms with van der Waals surface area (Å²) in [4.78, 5) is 51.4. The van der Waals surface area contributed by atoms with E-state index in [0.717, 1.165) is 8.87 Å². The van der Waals surface area contributed by atoms with Gasteiger partial charge in [0.05, 0.1) is 10.6 Å². The molecule has 1 aliphatic heterocycles. The topological polar surface area (TPSA) is 148 Å². The third-order valence-corrected chi connectivity index (χ3v) is 10.3. The van der Waals surface area contributed by atoms with Gasteiger partial charge in [-0.05, 0) is 55.0 Å². The highest BCUT2D eigenvalue weighted by Crippen LogP contribution is 2.36. The number of hydrogen-bond donors (Lipinski definition) is 2. The molecule has 3 aromatic carbocycles. The fraction of sp³-hybridized carbons (Fsp3) is 0.267. The summed E-state index contributed by atoms with van der Waals surface area (Å²) in [6, 6.07) is 13.8. The molecule has 0 bridgehead atoms. The van der Waals surface area contributed by atoms with E-state index in [4.69, 9.17) is 23.2 Å². The minimum absolute atomic E-state index is 0.0402. The molecule has 11 nitrogen and oxygen atoms in total. The van der Waals surface area contributed by atoms with Crippen molar-refractivity contribution in [2.45, 2.75) is 42.7 Å². The number of fused-ring (bicyclic) bond motifs is 1. The number of carboxylic acid groups (broad SMARTS) is 1. The van der Waals surface area contributed by atoms with Crippen LogP contribution in [-0.4, -0.2) is 57.0 Å². The monoisotopic (exact) mass is 658 g/mol. The molecule has 230 valence electrons. The van der Waals surface area contributed by atoms with E-state index >= 15 is 0 Å². The van der Waals surface area contributed by atoms with Gasteiger partial charge >= 0.3 is 11.7 Å². The SMILES string of the molecule is Cn1ccc(=O)n(-c2cccc3c(C[C@H](NC(=O)[C@@]4(C)CCCN4S(=O)(=O)c4cc(Cl)cc(Cl)c4)C(=O)O)cccc23)c1=O. The van der Waals surface area contributed by atoms with Crippen molar-refractivity contribution >= 4 is 55.9 Å². The first-order chi connectivity index (χ1) is 20.7. The van der Waals surface area contributed by atoms with Gasteiger partial charge in [0.2, 0.25) is 15.9 Å². The molecule has 0 spiro atoms. The van der Waals surface area contributed by atoms with E-state index in [-0.39, 0.29) is 34.3 Å². The number of carbonyl (C=O) groups excluding carboxylic acids is 1. The number of nitrogens with zero attached hydrogens (tertiary/aromatic N) is 3. The molecule has 1 aliphatic rings. The number of nitrogens with one attached hydrogen (secondary N) is 1. The molecule has 0 saturated carbocycles. The van der Waals surface area contributed by atoms with Crippen LogP contribution in [0.5, 0.6) is 0 Å². The normalized spacial score (nSPS) is 17.9. The molecule has 2 N–H and O–H groups in total. The molecule has 2 atom stereocenters. The van der Waals surface area contributed by atoms with Crippen LogP contribution in [-0.2, 0) is 33.1 Å². The summed E-state index contributed by atoms with van der Waals surface area (Å²) in [5.74, 6) is -2.09. The van der Waals surface area contributed by atoms with Gasteiger partial charge in [-0.25, -0.2) is 22.6 Å². The number of rotatable bonds is 8. The molecule has 0 radical (unpaired) electrons. The molecule has 1 aromatic heterocycles. The summed E-state index contributed by atoms with van der Waals surface area (Å²) >= 11 is 12.1. The Hall–Kier alpha value is -3.97. The van der Waals surface area contributed by atoms with Gasteiger partial charge < -0.3 is 15.0 Å². The maximum Gasteiger partial charge on any atom is 0.335 e. The van der Waals surface area contributed by atoms with Crippen LogP contribution in [0.3, 0.4) is 0 Å². The zero-order valence-corrected chi connectivity index (χ0v) is 26.0. The van der Waals surface area contributed by atoms with Crippen molar-refractivity contribution in [3.63, 3.8) is 0 Å². The van der Waals surface area contributed by atoms with Crippen LogP contribution in [0.25, 0.3) is 16.5 Å². The number of sulfonamides is 1. The zero-order valence-electron chi connectivity index (χ0n) is 23.7. The highest BCUT2D eigenvalue weighted by Gasteiger charge is 2.50. The lowest BCUT2D eigenvalue weighted by Gasteiger charge is -2.34. The first kappa shape index (κ1) is 31.5. The summed E-state index contributed by atoms with van der Waals surface area (Å²) in [5.41, 5.74) is -1.79. The number of halogens is 2. The van der Waals surface area contributed by atoms with Gasteiger partial charge in [-0.1, -0.05) is 53.5 Å². The summed E-state index contributed by atoms with van der Waals surface area (Å²) in [7, 11) is -2.70. The Bertz CT molecular complexity index is 2020. The van der Waals surface area contributed by atoms with E-state index in [1.54, 1.807) is 36.4 Å². The Kier molecular flexibility index (Phi) is 8.47. The van der Waals surface area contributed by atoms with Crippen molar-refractivity contribution in [3.05, 3.63) is 103 Å². The highest BCUT2D eigenvalue weighted by atomic mass is 35.5. The Morgan fingerprint density at radius 2 is 1.68 bits per heavy atom. The third-order valence-electron chi connectivity index (χ3n) is 7.90. The number of carbonyl (C=O) groups is 2. The van der Waals surface area contributed by atoms with Crippen LogP contribution in [0.1, 0.15) is 25.3 Å². The van der Waals surface area contributed by atoms with Crippen LogP contribution in [0, 0.1) is 0 Å².